The van der Waals surface area contributed by atoms with Gasteiger partial charge in [-0.2, -0.15) is 0 Å². The van der Waals surface area contributed by atoms with E-state index in [2.05, 4.69) is 21.2 Å². The lowest BCUT2D eigenvalue weighted by Crippen LogP contribution is -2.14. The lowest BCUT2D eigenvalue weighted by molar-refractivity contribution is -0.115. The number of anilines is 1. The van der Waals surface area contributed by atoms with Crippen LogP contribution in [0.25, 0.3) is 0 Å². The fraction of sp³-hybridized carbons (Fsp3) is 0.133. The smallest absolute Gasteiger partial charge is 0.228 e. The van der Waals surface area contributed by atoms with E-state index in [1.165, 1.54) is 0 Å². The summed E-state index contributed by atoms with van der Waals surface area (Å²) in [4.78, 5) is 12.0. The highest BCUT2D eigenvalue weighted by Gasteiger charge is 2.07. The predicted molar refractivity (Wildman–Crippen MR) is 82.7 cm³/mol. The molecule has 98 valence electrons. The van der Waals surface area contributed by atoms with Crippen LogP contribution in [-0.4, -0.2) is 5.91 Å². The van der Waals surface area contributed by atoms with Gasteiger partial charge in [-0.1, -0.05) is 29.8 Å². The molecule has 0 aliphatic rings. The van der Waals surface area contributed by atoms with Gasteiger partial charge in [0.15, 0.2) is 0 Å². The maximum atomic E-state index is 12.0. The minimum atomic E-state index is -0.0631. The highest BCUT2D eigenvalue weighted by Crippen LogP contribution is 2.23. The Morgan fingerprint density at radius 1 is 1.26 bits per heavy atom. The molecule has 2 nitrogen and oxygen atoms in total. The molecule has 1 amide bonds. The number of amides is 1. The Labute approximate surface area is 125 Å². The normalized spacial score (nSPS) is 10.3. The Morgan fingerprint density at radius 2 is 2.05 bits per heavy atom. The summed E-state index contributed by atoms with van der Waals surface area (Å²) in [7, 11) is 0. The fourth-order valence-corrected chi connectivity index (χ4v) is 2.55. The number of nitrogens with one attached hydrogen (secondary N) is 1. The molecule has 2 aromatic rings. The lowest BCUT2D eigenvalue weighted by atomic mass is 10.1. The Morgan fingerprint density at radius 3 is 2.74 bits per heavy atom. The molecule has 0 unspecified atom stereocenters. The van der Waals surface area contributed by atoms with Crippen molar-refractivity contribution >= 4 is 39.1 Å². The molecule has 0 saturated carbocycles. The van der Waals surface area contributed by atoms with Crippen LogP contribution in [0.4, 0.5) is 5.69 Å². The van der Waals surface area contributed by atoms with E-state index in [1.807, 2.05) is 37.3 Å². The van der Waals surface area contributed by atoms with Crippen LogP contribution in [0.2, 0.25) is 5.02 Å². The van der Waals surface area contributed by atoms with E-state index in [0.29, 0.717) is 11.4 Å². The number of aryl methyl sites for hydroxylation is 1. The van der Waals surface area contributed by atoms with Crippen molar-refractivity contribution in [3.63, 3.8) is 0 Å². The summed E-state index contributed by atoms with van der Waals surface area (Å²) >= 11 is 9.33. The van der Waals surface area contributed by atoms with E-state index < -0.39 is 0 Å². The van der Waals surface area contributed by atoms with Crippen molar-refractivity contribution < 1.29 is 4.79 Å². The molecule has 0 aliphatic heterocycles. The second-order valence-corrected chi connectivity index (χ2v) is 5.63. The third-order valence-electron chi connectivity index (χ3n) is 2.65. The molecule has 0 aliphatic carbocycles. The number of carbonyl (C=O) groups excluding carboxylic acids is 1. The number of halogens is 2. The summed E-state index contributed by atoms with van der Waals surface area (Å²) in [6, 6.07) is 13.1. The molecule has 0 heterocycles. The van der Waals surface area contributed by atoms with Gasteiger partial charge < -0.3 is 5.32 Å². The number of benzene rings is 2. The average molecular weight is 339 g/mol. The quantitative estimate of drug-likeness (QED) is 0.871. The first-order chi connectivity index (χ1) is 9.04. The van der Waals surface area contributed by atoms with Crippen molar-refractivity contribution in [3.05, 3.63) is 63.1 Å². The molecule has 2 aromatic carbocycles. The molecule has 0 fully saturated rings. The summed E-state index contributed by atoms with van der Waals surface area (Å²) in [5.41, 5.74) is 2.81. The maximum Gasteiger partial charge on any atom is 0.228 e. The molecule has 0 radical (unpaired) electrons. The van der Waals surface area contributed by atoms with E-state index in [4.69, 9.17) is 11.6 Å². The summed E-state index contributed by atoms with van der Waals surface area (Å²) in [6.45, 7) is 2.00. The Hall–Kier alpha value is -1.32. The van der Waals surface area contributed by atoms with Gasteiger partial charge in [0.05, 0.1) is 12.1 Å². The maximum absolute atomic E-state index is 12.0. The molecule has 2 rings (SSSR count). The van der Waals surface area contributed by atoms with Crippen molar-refractivity contribution in [3.8, 4) is 0 Å². The number of rotatable bonds is 3. The monoisotopic (exact) mass is 337 g/mol. The summed E-state index contributed by atoms with van der Waals surface area (Å²) < 4.78 is 0.881. The lowest BCUT2D eigenvalue weighted by Gasteiger charge is -2.08. The van der Waals surface area contributed by atoms with Crippen molar-refractivity contribution in [2.45, 2.75) is 13.3 Å². The fourth-order valence-electron chi connectivity index (χ4n) is 1.75. The average Bonchev–Trinajstić information content (AvgIpc) is 2.33. The second-order valence-electron chi connectivity index (χ2n) is 4.34. The van der Waals surface area contributed by atoms with E-state index in [0.717, 1.165) is 21.3 Å². The molecular formula is C15H13BrClNO. The van der Waals surface area contributed by atoms with Crippen LogP contribution in [0.5, 0.6) is 0 Å². The number of hydrogen-bond donors (Lipinski definition) is 1. The van der Waals surface area contributed by atoms with Crippen LogP contribution < -0.4 is 5.32 Å². The van der Waals surface area contributed by atoms with Gasteiger partial charge in [-0.3, -0.25) is 4.79 Å². The predicted octanol–water partition coefficient (Wildman–Crippen LogP) is 4.59. The Balaban J connectivity index is 2.05. The molecule has 0 atom stereocenters. The van der Waals surface area contributed by atoms with Crippen LogP contribution in [0, 0.1) is 6.92 Å². The van der Waals surface area contributed by atoms with Gasteiger partial charge in [0.1, 0.15) is 0 Å². The highest BCUT2D eigenvalue weighted by atomic mass is 79.9. The summed E-state index contributed by atoms with van der Waals surface area (Å²) in [5, 5.41) is 3.52. The SMILES string of the molecule is Cc1ccc(NC(=O)Cc2cccc(Cl)c2)c(Br)c1. The molecule has 19 heavy (non-hydrogen) atoms. The Bertz CT molecular complexity index is 613. The van der Waals surface area contributed by atoms with Crippen LogP contribution in [-0.2, 0) is 11.2 Å². The van der Waals surface area contributed by atoms with Crippen molar-refractivity contribution in [2.24, 2.45) is 0 Å². The van der Waals surface area contributed by atoms with Gasteiger partial charge >= 0.3 is 0 Å². The van der Waals surface area contributed by atoms with Crippen LogP contribution in [0.3, 0.4) is 0 Å². The number of carbonyl (C=O) groups is 1. The first-order valence-corrected chi connectivity index (χ1v) is 7.02. The summed E-state index contributed by atoms with van der Waals surface area (Å²) in [5.74, 6) is -0.0631. The van der Waals surface area contributed by atoms with Crippen molar-refractivity contribution in [2.75, 3.05) is 5.32 Å². The van der Waals surface area contributed by atoms with Crippen LogP contribution >= 0.6 is 27.5 Å². The molecule has 0 aromatic heterocycles. The molecule has 1 N–H and O–H groups in total. The zero-order valence-electron chi connectivity index (χ0n) is 10.4. The molecular weight excluding hydrogens is 326 g/mol. The highest BCUT2D eigenvalue weighted by molar-refractivity contribution is 9.10. The minimum absolute atomic E-state index is 0.0631. The van der Waals surface area contributed by atoms with E-state index in [1.54, 1.807) is 12.1 Å². The van der Waals surface area contributed by atoms with Gasteiger partial charge in [-0.25, -0.2) is 0 Å². The number of hydrogen-bond acceptors (Lipinski definition) is 1. The van der Waals surface area contributed by atoms with Crippen molar-refractivity contribution in [1.82, 2.24) is 0 Å². The molecule has 4 heteroatoms. The van der Waals surface area contributed by atoms with Gasteiger partial charge in [0.25, 0.3) is 0 Å². The van der Waals surface area contributed by atoms with E-state index in [-0.39, 0.29) is 5.91 Å². The second kappa shape index (κ2) is 6.22. The topological polar surface area (TPSA) is 29.1 Å². The van der Waals surface area contributed by atoms with Gasteiger partial charge in [0.2, 0.25) is 5.91 Å². The molecule has 0 saturated heterocycles. The van der Waals surface area contributed by atoms with E-state index >= 15 is 0 Å². The van der Waals surface area contributed by atoms with E-state index in [9.17, 15) is 4.79 Å². The largest absolute Gasteiger partial charge is 0.325 e. The third-order valence-corrected chi connectivity index (χ3v) is 3.54. The minimum Gasteiger partial charge on any atom is -0.325 e. The third kappa shape index (κ3) is 4.08. The zero-order chi connectivity index (χ0) is 13.8. The van der Waals surface area contributed by atoms with Gasteiger partial charge in [0, 0.05) is 9.50 Å². The Kier molecular flexibility index (Phi) is 4.61. The standard InChI is InChI=1S/C15H13BrClNO/c1-10-5-6-14(13(16)7-10)18-15(19)9-11-3-2-4-12(17)8-11/h2-8H,9H2,1H3,(H,18,19). The van der Waals surface area contributed by atoms with Crippen LogP contribution in [0.15, 0.2) is 46.9 Å². The zero-order valence-corrected chi connectivity index (χ0v) is 12.8. The molecule has 0 spiro atoms. The first kappa shape index (κ1) is 14.1. The van der Waals surface area contributed by atoms with Crippen LogP contribution in [0.1, 0.15) is 11.1 Å². The first-order valence-electron chi connectivity index (χ1n) is 5.85. The van der Waals surface area contributed by atoms with Gasteiger partial charge in [-0.05, 0) is 58.2 Å². The van der Waals surface area contributed by atoms with Gasteiger partial charge in [-0.15, -0.1) is 0 Å². The molecule has 0 bridgehead atoms. The summed E-state index contributed by atoms with van der Waals surface area (Å²) in [6.07, 6.45) is 0.306. The van der Waals surface area contributed by atoms with Crippen molar-refractivity contribution in [1.29, 1.82) is 0 Å².